The Bertz CT molecular complexity index is 729. The second kappa shape index (κ2) is 9.40. The summed E-state index contributed by atoms with van der Waals surface area (Å²) in [4.78, 5) is 0. The normalized spacial score (nSPS) is 16.7. The summed E-state index contributed by atoms with van der Waals surface area (Å²) in [6, 6.07) is 12.4. The number of benzene rings is 2. The first-order valence-electron chi connectivity index (χ1n) is 9.03. The van der Waals surface area contributed by atoms with Crippen LogP contribution in [0.15, 0.2) is 40.9 Å². The van der Waals surface area contributed by atoms with Gasteiger partial charge in [0, 0.05) is 19.7 Å². The molecule has 0 aromatic heterocycles. The number of methoxy groups -OCH3 is 1. The van der Waals surface area contributed by atoms with E-state index in [0.717, 1.165) is 53.2 Å². The third-order valence-electron chi connectivity index (χ3n) is 4.48. The molecule has 4 nitrogen and oxygen atoms in total. The van der Waals surface area contributed by atoms with Crippen LogP contribution >= 0.6 is 15.9 Å². The topological polar surface area (TPSA) is 39.7 Å². The first-order valence-corrected chi connectivity index (χ1v) is 9.82. The van der Waals surface area contributed by atoms with Gasteiger partial charge in [-0.05, 0) is 59.0 Å². The van der Waals surface area contributed by atoms with Gasteiger partial charge >= 0.3 is 0 Å². The lowest BCUT2D eigenvalue weighted by Crippen LogP contribution is -2.25. The van der Waals surface area contributed by atoms with Crippen LogP contribution in [-0.2, 0) is 17.9 Å². The molecule has 1 atom stereocenters. The van der Waals surface area contributed by atoms with E-state index in [1.165, 1.54) is 12.0 Å². The second-order valence-corrected chi connectivity index (χ2v) is 7.51. The van der Waals surface area contributed by atoms with Crippen molar-refractivity contribution in [3.8, 4) is 11.5 Å². The van der Waals surface area contributed by atoms with Gasteiger partial charge in [0.15, 0.2) is 11.5 Å². The molecular weight excluding hydrogens is 394 g/mol. The van der Waals surface area contributed by atoms with E-state index in [1.807, 2.05) is 12.1 Å². The minimum Gasteiger partial charge on any atom is -0.493 e. The van der Waals surface area contributed by atoms with Crippen LogP contribution in [0.4, 0.5) is 0 Å². The molecule has 0 aliphatic carbocycles. The smallest absolute Gasteiger partial charge is 0.175 e. The van der Waals surface area contributed by atoms with Gasteiger partial charge in [-0.15, -0.1) is 0 Å². The highest BCUT2D eigenvalue weighted by Crippen LogP contribution is 2.37. The van der Waals surface area contributed by atoms with Crippen LogP contribution in [-0.4, -0.2) is 26.4 Å². The van der Waals surface area contributed by atoms with Gasteiger partial charge in [-0.1, -0.05) is 29.8 Å². The SMILES string of the molecule is COc1cc(CNC[C@H]2CCCO2)cc(Br)c1OCc1cccc(C)c1. The molecule has 1 aliphatic rings. The zero-order chi connectivity index (χ0) is 18.4. The number of aryl methyl sites for hydroxylation is 1. The van der Waals surface area contributed by atoms with Gasteiger partial charge in [0.25, 0.3) is 0 Å². The van der Waals surface area contributed by atoms with Crippen LogP contribution in [0.1, 0.15) is 29.5 Å². The van der Waals surface area contributed by atoms with Crippen LogP contribution in [0, 0.1) is 6.92 Å². The average molecular weight is 420 g/mol. The summed E-state index contributed by atoms with van der Waals surface area (Å²) in [6.07, 6.45) is 2.65. The lowest BCUT2D eigenvalue weighted by atomic mass is 10.1. The zero-order valence-corrected chi connectivity index (χ0v) is 17.0. The lowest BCUT2D eigenvalue weighted by molar-refractivity contribution is 0.110. The van der Waals surface area contributed by atoms with Gasteiger partial charge in [-0.3, -0.25) is 0 Å². The minimum atomic E-state index is 0.345. The molecule has 1 N–H and O–H groups in total. The summed E-state index contributed by atoms with van der Waals surface area (Å²) in [5.74, 6) is 1.47. The van der Waals surface area contributed by atoms with Crippen LogP contribution in [0.2, 0.25) is 0 Å². The molecule has 1 aliphatic heterocycles. The molecule has 0 amide bonds. The quantitative estimate of drug-likeness (QED) is 0.677. The summed E-state index contributed by atoms with van der Waals surface area (Å²) in [6.45, 7) is 5.13. The van der Waals surface area contributed by atoms with Crippen molar-refractivity contribution in [1.82, 2.24) is 5.32 Å². The van der Waals surface area contributed by atoms with Gasteiger partial charge < -0.3 is 19.5 Å². The number of ether oxygens (including phenoxy) is 3. The largest absolute Gasteiger partial charge is 0.493 e. The molecule has 5 heteroatoms. The van der Waals surface area contributed by atoms with Gasteiger partial charge in [0.05, 0.1) is 17.7 Å². The highest BCUT2D eigenvalue weighted by molar-refractivity contribution is 9.10. The molecule has 140 valence electrons. The van der Waals surface area contributed by atoms with E-state index < -0.39 is 0 Å². The maximum absolute atomic E-state index is 6.03. The van der Waals surface area contributed by atoms with E-state index in [-0.39, 0.29) is 0 Å². The summed E-state index contributed by atoms with van der Waals surface area (Å²) < 4.78 is 18.1. The molecule has 2 aromatic rings. The molecule has 1 saturated heterocycles. The molecule has 0 radical (unpaired) electrons. The fraction of sp³-hybridized carbons (Fsp3) is 0.429. The molecule has 26 heavy (non-hydrogen) atoms. The summed E-state index contributed by atoms with van der Waals surface area (Å²) >= 11 is 3.63. The van der Waals surface area contributed by atoms with Crippen molar-refractivity contribution in [2.24, 2.45) is 0 Å². The number of hydrogen-bond donors (Lipinski definition) is 1. The predicted molar refractivity (Wildman–Crippen MR) is 107 cm³/mol. The van der Waals surface area contributed by atoms with E-state index in [4.69, 9.17) is 14.2 Å². The first-order chi connectivity index (χ1) is 12.7. The highest BCUT2D eigenvalue weighted by Gasteiger charge is 2.15. The van der Waals surface area contributed by atoms with Gasteiger partial charge in [0.1, 0.15) is 6.61 Å². The molecular formula is C21H26BrNO3. The Morgan fingerprint density at radius 3 is 2.85 bits per heavy atom. The van der Waals surface area contributed by atoms with Crippen LogP contribution < -0.4 is 14.8 Å². The maximum atomic E-state index is 6.03. The Kier molecular flexibility index (Phi) is 6.94. The summed E-state index contributed by atoms with van der Waals surface area (Å²) in [7, 11) is 1.67. The number of nitrogens with one attached hydrogen (secondary N) is 1. The van der Waals surface area contributed by atoms with E-state index in [1.54, 1.807) is 7.11 Å². The fourth-order valence-electron chi connectivity index (χ4n) is 3.16. The molecule has 3 rings (SSSR count). The van der Waals surface area contributed by atoms with E-state index in [2.05, 4.69) is 52.4 Å². The molecule has 2 aromatic carbocycles. The third-order valence-corrected chi connectivity index (χ3v) is 5.07. The van der Waals surface area contributed by atoms with Crippen molar-refractivity contribution >= 4 is 15.9 Å². The van der Waals surface area contributed by atoms with Crippen LogP contribution in [0.5, 0.6) is 11.5 Å². The second-order valence-electron chi connectivity index (χ2n) is 6.65. The number of rotatable bonds is 8. The molecule has 0 spiro atoms. The van der Waals surface area contributed by atoms with Crippen molar-refractivity contribution in [1.29, 1.82) is 0 Å². The Morgan fingerprint density at radius 2 is 2.12 bits per heavy atom. The van der Waals surface area contributed by atoms with Gasteiger partial charge in [0.2, 0.25) is 0 Å². The zero-order valence-electron chi connectivity index (χ0n) is 15.4. The highest BCUT2D eigenvalue weighted by atomic mass is 79.9. The Balaban J connectivity index is 1.62. The van der Waals surface area contributed by atoms with Crippen molar-refractivity contribution in [2.75, 3.05) is 20.3 Å². The molecule has 0 unspecified atom stereocenters. The van der Waals surface area contributed by atoms with Crippen molar-refractivity contribution in [3.63, 3.8) is 0 Å². The number of hydrogen-bond acceptors (Lipinski definition) is 4. The third kappa shape index (κ3) is 5.22. The Morgan fingerprint density at radius 1 is 1.23 bits per heavy atom. The standard InChI is InChI=1S/C21H26BrNO3/c1-15-5-3-6-16(9-15)14-26-21-19(22)10-17(11-20(21)24-2)12-23-13-18-7-4-8-25-18/h3,5-6,9-11,18,23H,4,7-8,12-14H2,1-2H3/t18-/m1/s1. The van der Waals surface area contributed by atoms with E-state index >= 15 is 0 Å². The van der Waals surface area contributed by atoms with E-state index in [0.29, 0.717) is 12.7 Å². The molecule has 1 heterocycles. The van der Waals surface area contributed by atoms with Gasteiger partial charge in [-0.25, -0.2) is 0 Å². The predicted octanol–water partition coefficient (Wildman–Crippen LogP) is 4.61. The molecule has 0 bridgehead atoms. The lowest BCUT2D eigenvalue weighted by Gasteiger charge is -2.16. The van der Waals surface area contributed by atoms with Crippen LogP contribution in [0.25, 0.3) is 0 Å². The Labute approximate surface area is 164 Å². The van der Waals surface area contributed by atoms with Gasteiger partial charge in [-0.2, -0.15) is 0 Å². The average Bonchev–Trinajstić information content (AvgIpc) is 3.14. The van der Waals surface area contributed by atoms with Crippen molar-refractivity contribution in [2.45, 2.75) is 39.0 Å². The Hall–Kier alpha value is -1.56. The summed E-state index contributed by atoms with van der Waals surface area (Å²) in [5, 5.41) is 3.46. The summed E-state index contributed by atoms with van der Waals surface area (Å²) in [5.41, 5.74) is 3.51. The van der Waals surface area contributed by atoms with Crippen molar-refractivity contribution < 1.29 is 14.2 Å². The molecule has 0 saturated carbocycles. The van der Waals surface area contributed by atoms with E-state index in [9.17, 15) is 0 Å². The monoisotopic (exact) mass is 419 g/mol. The maximum Gasteiger partial charge on any atom is 0.175 e. The molecule has 1 fully saturated rings. The minimum absolute atomic E-state index is 0.345. The number of halogens is 1. The van der Waals surface area contributed by atoms with Crippen LogP contribution in [0.3, 0.4) is 0 Å². The van der Waals surface area contributed by atoms with Crippen molar-refractivity contribution in [3.05, 3.63) is 57.6 Å². The fourth-order valence-corrected chi connectivity index (χ4v) is 3.76. The first kappa shape index (κ1) is 19.2.